The highest BCUT2D eigenvalue weighted by molar-refractivity contribution is 7.92. The maximum absolute atomic E-state index is 13.5. The molecule has 0 radical (unpaired) electrons. The van der Waals surface area contributed by atoms with Crippen molar-refractivity contribution in [3.05, 3.63) is 63.6 Å². The molecule has 1 atom stereocenters. The van der Waals surface area contributed by atoms with Gasteiger partial charge in [-0.1, -0.05) is 55.2 Å². The number of benzene rings is 2. The van der Waals surface area contributed by atoms with Crippen LogP contribution in [-0.2, 0) is 32.6 Å². The van der Waals surface area contributed by atoms with Crippen LogP contribution in [0.1, 0.15) is 38.3 Å². The predicted molar refractivity (Wildman–Crippen MR) is 138 cm³/mol. The van der Waals surface area contributed by atoms with Gasteiger partial charge in [0.2, 0.25) is 21.8 Å². The SMILES string of the molecule is CCCNC(=O)C(C)N(Cc1c(Cl)cccc1Cl)C(=O)CN(c1ccc(CC)cc1)S(C)(=O)=O. The van der Waals surface area contributed by atoms with Crippen molar-refractivity contribution >= 4 is 50.7 Å². The number of hydrogen-bond acceptors (Lipinski definition) is 4. The number of anilines is 1. The number of carbonyl (C=O) groups excluding carboxylic acids is 2. The number of aryl methyl sites for hydroxylation is 1. The summed E-state index contributed by atoms with van der Waals surface area (Å²) < 4.78 is 26.2. The largest absolute Gasteiger partial charge is 0.354 e. The molecule has 7 nitrogen and oxygen atoms in total. The first-order valence-electron chi connectivity index (χ1n) is 11.1. The summed E-state index contributed by atoms with van der Waals surface area (Å²) in [4.78, 5) is 27.5. The summed E-state index contributed by atoms with van der Waals surface area (Å²) in [6, 6.07) is 11.1. The summed E-state index contributed by atoms with van der Waals surface area (Å²) in [7, 11) is -3.78. The number of halogens is 2. The van der Waals surface area contributed by atoms with Crippen LogP contribution < -0.4 is 9.62 Å². The van der Waals surface area contributed by atoms with Crippen molar-refractivity contribution in [2.45, 2.75) is 46.2 Å². The molecule has 0 saturated carbocycles. The van der Waals surface area contributed by atoms with Crippen LogP contribution in [0, 0.1) is 0 Å². The smallest absolute Gasteiger partial charge is 0.244 e. The van der Waals surface area contributed by atoms with E-state index < -0.39 is 28.5 Å². The molecule has 0 heterocycles. The summed E-state index contributed by atoms with van der Waals surface area (Å²) in [5.41, 5.74) is 1.89. The molecule has 0 aliphatic heterocycles. The molecular weight excluding hydrogens is 497 g/mol. The van der Waals surface area contributed by atoms with Gasteiger partial charge >= 0.3 is 0 Å². The Kier molecular flexibility index (Phi) is 10.2. The van der Waals surface area contributed by atoms with Crippen molar-refractivity contribution in [1.29, 1.82) is 0 Å². The van der Waals surface area contributed by atoms with Gasteiger partial charge in [-0.25, -0.2) is 8.42 Å². The minimum atomic E-state index is -3.78. The van der Waals surface area contributed by atoms with Crippen molar-refractivity contribution in [3.8, 4) is 0 Å². The average Bonchev–Trinajstić information content (AvgIpc) is 2.79. The number of sulfonamides is 1. The fourth-order valence-electron chi connectivity index (χ4n) is 3.34. The lowest BCUT2D eigenvalue weighted by Crippen LogP contribution is -2.51. The van der Waals surface area contributed by atoms with Gasteiger partial charge in [0, 0.05) is 28.7 Å². The molecular formula is C24H31Cl2N3O4S. The van der Waals surface area contributed by atoms with Crippen LogP contribution in [0.4, 0.5) is 5.69 Å². The van der Waals surface area contributed by atoms with Crippen molar-refractivity contribution in [2.24, 2.45) is 0 Å². The van der Waals surface area contributed by atoms with E-state index in [2.05, 4.69) is 5.32 Å². The molecule has 0 spiro atoms. The zero-order chi connectivity index (χ0) is 25.5. The molecule has 2 aromatic rings. The van der Waals surface area contributed by atoms with Gasteiger partial charge in [0.05, 0.1) is 11.9 Å². The fraction of sp³-hybridized carbons (Fsp3) is 0.417. The molecule has 2 aromatic carbocycles. The first-order chi connectivity index (χ1) is 16.0. The zero-order valence-corrected chi connectivity index (χ0v) is 22.2. The molecule has 0 aliphatic rings. The second-order valence-electron chi connectivity index (χ2n) is 7.98. The molecule has 34 heavy (non-hydrogen) atoms. The molecule has 186 valence electrons. The predicted octanol–water partition coefficient (Wildman–Crippen LogP) is 4.27. The first kappa shape index (κ1) is 28.0. The van der Waals surface area contributed by atoms with E-state index in [0.29, 0.717) is 27.8 Å². The summed E-state index contributed by atoms with van der Waals surface area (Å²) in [6.07, 6.45) is 2.58. The molecule has 0 fully saturated rings. The van der Waals surface area contributed by atoms with E-state index in [1.807, 2.05) is 26.0 Å². The Bertz CT molecular complexity index is 1090. The number of rotatable bonds is 11. The van der Waals surface area contributed by atoms with Gasteiger partial charge in [-0.15, -0.1) is 0 Å². The third-order valence-corrected chi connectivity index (χ3v) is 7.27. The molecule has 2 rings (SSSR count). The molecule has 1 unspecified atom stereocenters. The van der Waals surface area contributed by atoms with E-state index in [9.17, 15) is 18.0 Å². The third kappa shape index (κ3) is 7.35. The Morgan fingerprint density at radius 1 is 1.03 bits per heavy atom. The first-order valence-corrected chi connectivity index (χ1v) is 13.7. The highest BCUT2D eigenvalue weighted by atomic mass is 35.5. The summed E-state index contributed by atoms with van der Waals surface area (Å²) >= 11 is 12.6. The van der Waals surface area contributed by atoms with Crippen molar-refractivity contribution in [3.63, 3.8) is 0 Å². The van der Waals surface area contributed by atoms with Crippen molar-refractivity contribution in [2.75, 3.05) is 23.7 Å². The zero-order valence-electron chi connectivity index (χ0n) is 19.8. The van der Waals surface area contributed by atoms with E-state index >= 15 is 0 Å². The van der Waals surface area contributed by atoms with Gasteiger partial charge in [0.25, 0.3) is 0 Å². The number of nitrogens with zero attached hydrogens (tertiary/aromatic N) is 2. The van der Waals surface area contributed by atoms with E-state index in [1.54, 1.807) is 37.3 Å². The lowest BCUT2D eigenvalue weighted by molar-refractivity contribution is -0.139. The Balaban J connectivity index is 2.42. The second-order valence-corrected chi connectivity index (χ2v) is 10.7. The third-order valence-electron chi connectivity index (χ3n) is 5.42. The Labute approximate surface area is 212 Å². The van der Waals surface area contributed by atoms with E-state index in [-0.39, 0.29) is 12.5 Å². The van der Waals surface area contributed by atoms with Gasteiger partial charge < -0.3 is 10.2 Å². The summed E-state index contributed by atoms with van der Waals surface area (Å²) in [6.45, 7) is 5.44. The minimum absolute atomic E-state index is 0.0512. The molecule has 2 amide bonds. The van der Waals surface area contributed by atoms with Crippen LogP contribution in [-0.4, -0.2) is 50.5 Å². The lowest BCUT2D eigenvalue weighted by atomic mass is 10.1. The van der Waals surface area contributed by atoms with Gasteiger partial charge in [-0.3, -0.25) is 13.9 Å². The lowest BCUT2D eigenvalue weighted by Gasteiger charge is -2.32. The monoisotopic (exact) mass is 527 g/mol. The van der Waals surface area contributed by atoms with E-state index in [0.717, 1.165) is 29.0 Å². The summed E-state index contributed by atoms with van der Waals surface area (Å²) in [5.74, 6) is -0.906. The second kappa shape index (κ2) is 12.4. The van der Waals surface area contributed by atoms with Crippen LogP contribution in [0.25, 0.3) is 0 Å². The van der Waals surface area contributed by atoms with Gasteiger partial charge in [0.1, 0.15) is 12.6 Å². The van der Waals surface area contributed by atoms with E-state index in [1.165, 1.54) is 4.90 Å². The Hall–Kier alpha value is -2.29. The van der Waals surface area contributed by atoms with Crippen molar-refractivity contribution in [1.82, 2.24) is 10.2 Å². The number of hydrogen-bond donors (Lipinski definition) is 1. The Morgan fingerprint density at radius 2 is 1.62 bits per heavy atom. The summed E-state index contributed by atoms with van der Waals surface area (Å²) in [5, 5.41) is 3.48. The number of nitrogens with one attached hydrogen (secondary N) is 1. The Morgan fingerprint density at radius 3 is 2.12 bits per heavy atom. The molecule has 0 aromatic heterocycles. The molecule has 10 heteroatoms. The van der Waals surface area contributed by atoms with Gasteiger partial charge in [0.15, 0.2) is 0 Å². The minimum Gasteiger partial charge on any atom is -0.354 e. The number of carbonyl (C=O) groups is 2. The highest BCUT2D eigenvalue weighted by Gasteiger charge is 2.30. The van der Waals surface area contributed by atoms with Gasteiger partial charge in [-0.05, 0) is 49.6 Å². The quantitative estimate of drug-likeness (QED) is 0.472. The highest BCUT2D eigenvalue weighted by Crippen LogP contribution is 2.27. The van der Waals surface area contributed by atoms with Crippen LogP contribution in [0.2, 0.25) is 10.0 Å². The molecule has 1 N–H and O–H groups in total. The van der Waals surface area contributed by atoms with Crippen molar-refractivity contribution < 1.29 is 18.0 Å². The fourth-order valence-corrected chi connectivity index (χ4v) is 4.71. The average molecular weight is 529 g/mol. The van der Waals surface area contributed by atoms with Crippen LogP contribution >= 0.6 is 23.2 Å². The van der Waals surface area contributed by atoms with Crippen LogP contribution in [0.3, 0.4) is 0 Å². The standard InChI is InChI=1S/C24H31Cl2N3O4S/c1-5-14-27-24(31)17(3)28(15-20-21(25)8-7-9-22(20)26)23(30)16-29(34(4,32)33)19-12-10-18(6-2)11-13-19/h7-13,17H,5-6,14-16H2,1-4H3,(H,27,31). The molecule has 0 saturated heterocycles. The van der Waals surface area contributed by atoms with Gasteiger partial charge in [-0.2, -0.15) is 0 Å². The maximum atomic E-state index is 13.5. The number of amides is 2. The molecule has 0 bridgehead atoms. The normalized spacial score (nSPS) is 12.2. The van der Waals surface area contributed by atoms with Crippen LogP contribution in [0.5, 0.6) is 0 Å². The molecule has 0 aliphatic carbocycles. The topological polar surface area (TPSA) is 86.8 Å². The maximum Gasteiger partial charge on any atom is 0.244 e. The van der Waals surface area contributed by atoms with E-state index in [4.69, 9.17) is 23.2 Å². The van der Waals surface area contributed by atoms with Crippen LogP contribution in [0.15, 0.2) is 42.5 Å².